The van der Waals surface area contributed by atoms with E-state index in [0.29, 0.717) is 6.42 Å². The molecule has 0 aliphatic heterocycles. The van der Waals surface area contributed by atoms with Crippen LogP contribution in [0.3, 0.4) is 0 Å². The van der Waals surface area contributed by atoms with E-state index in [1.54, 1.807) is 5.94 Å². The summed E-state index contributed by atoms with van der Waals surface area (Å²) in [4.78, 5) is 9.87. The lowest BCUT2D eigenvalue weighted by atomic mass is 10.1. The standard InChI is InChI=1S/C12H18O/c1-11(2)7-6-9-12(3)8-4-5-10-13/h5,7-8H,4,6,9H2,1-3H3. The predicted molar refractivity (Wildman–Crippen MR) is 57.3 cm³/mol. The average molecular weight is 178 g/mol. The third-order valence-corrected chi connectivity index (χ3v) is 1.76. The molecule has 0 N–H and O–H groups in total. The van der Waals surface area contributed by atoms with Gasteiger partial charge in [-0.25, -0.2) is 4.79 Å². The van der Waals surface area contributed by atoms with Crippen LogP contribution in [-0.2, 0) is 4.79 Å². The van der Waals surface area contributed by atoms with Crippen LogP contribution in [0.4, 0.5) is 0 Å². The molecule has 0 aromatic rings. The summed E-state index contributed by atoms with van der Waals surface area (Å²) < 4.78 is 0. The number of hydrogen-bond acceptors (Lipinski definition) is 1. The lowest BCUT2D eigenvalue weighted by Gasteiger charge is -1.96. The zero-order chi connectivity index (χ0) is 10.1. The smallest absolute Gasteiger partial charge is 0.120 e. The highest BCUT2D eigenvalue weighted by Gasteiger charge is 1.87. The Hall–Kier alpha value is -1.07. The van der Waals surface area contributed by atoms with Crippen LogP contribution in [0.15, 0.2) is 29.4 Å². The molecule has 0 amide bonds. The molecule has 72 valence electrons. The molecule has 0 aromatic heterocycles. The van der Waals surface area contributed by atoms with Crippen LogP contribution in [0, 0.1) is 0 Å². The van der Waals surface area contributed by atoms with Crippen molar-refractivity contribution in [2.24, 2.45) is 0 Å². The fourth-order valence-corrected chi connectivity index (χ4v) is 0.999. The molecule has 0 saturated heterocycles. The van der Waals surface area contributed by atoms with E-state index in [1.807, 2.05) is 0 Å². The zero-order valence-corrected chi connectivity index (χ0v) is 8.76. The molecule has 1 nitrogen and oxygen atoms in total. The summed E-state index contributed by atoms with van der Waals surface area (Å²) in [6.45, 7) is 6.31. The first-order valence-corrected chi connectivity index (χ1v) is 4.65. The van der Waals surface area contributed by atoms with Gasteiger partial charge in [-0.2, -0.15) is 0 Å². The molecule has 0 unspecified atom stereocenters. The summed E-state index contributed by atoms with van der Waals surface area (Å²) in [6.07, 6.45) is 8.69. The summed E-state index contributed by atoms with van der Waals surface area (Å²) >= 11 is 0. The maximum atomic E-state index is 9.87. The van der Waals surface area contributed by atoms with E-state index in [9.17, 15) is 4.79 Å². The number of allylic oxidation sites excluding steroid dienone is 5. The average Bonchev–Trinajstić information content (AvgIpc) is 2.04. The molecule has 13 heavy (non-hydrogen) atoms. The Bertz CT molecular complexity index is 236. The first-order chi connectivity index (χ1) is 6.16. The molecule has 0 aromatic carbocycles. The molecule has 0 bridgehead atoms. The molecule has 1 heteroatoms. The number of hydrogen-bond donors (Lipinski definition) is 0. The molecule has 0 heterocycles. The maximum absolute atomic E-state index is 9.87. The van der Waals surface area contributed by atoms with Crippen LogP contribution >= 0.6 is 0 Å². The topological polar surface area (TPSA) is 17.1 Å². The highest BCUT2D eigenvalue weighted by molar-refractivity contribution is 5.45. The third-order valence-electron chi connectivity index (χ3n) is 1.76. The first-order valence-electron chi connectivity index (χ1n) is 4.65. The van der Waals surface area contributed by atoms with Crippen molar-refractivity contribution >= 4 is 5.94 Å². The highest BCUT2D eigenvalue weighted by atomic mass is 16.1. The van der Waals surface area contributed by atoms with Gasteiger partial charge in [-0.05, 0) is 40.0 Å². The van der Waals surface area contributed by atoms with Gasteiger partial charge < -0.3 is 0 Å². The van der Waals surface area contributed by atoms with Gasteiger partial charge in [0.2, 0.25) is 0 Å². The fourth-order valence-electron chi connectivity index (χ4n) is 0.999. The summed E-state index contributed by atoms with van der Waals surface area (Å²) in [5.41, 5.74) is 2.70. The minimum Gasteiger partial charge on any atom is -0.234 e. The van der Waals surface area contributed by atoms with E-state index >= 15 is 0 Å². The first kappa shape index (κ1) is 11.9. The van der Waals surface area contributed by atoms with Gasteiger partial charge in [0.15, 0.2) is 0 Å². The maximum Gasteiger partial charge on any atom is 0.120 e. The second-order valence-electron chi connectivity index (χ2n) is 3.43. The minimum absolute atomic E-state index is 0.712. The Kier molecular flexibility index (Phi) is 6.95. The second kappa shape index (κ2) is 7.57. The molecule has 0 radical (unpaired) electrons. The molecule has 0 rings (SSSR count). The van der Waals surface area contributed by atoms with Crippen LogP contribution in [-0.4, -0.2) is 5.94 Å². The Morgan fingerprint density at radius 1 is 1.23 bits per heavy atom. The molecular weight excluding hydrogens is 160 g/mol. The van der Waals surface area contributed by atoms with Crippen LogP contribution < -0.4 is 0 Å². The Morgan fingerprint density at radius 2 is 1.92 bits per heavy atom. The van der Waals surface area contributed by atoms with Crippen LogP contribution in [0.5, 0.6) is 0 Å². The molecule has 0 fully saturated rings. The van der Waals surface area contributed by atoms with E-state index in [4.69, 9.17) is 0 Å². The second-order valence-corrected chi connectivity index (χ2v) is 3.43. The zero-order valence-electron chi connectivity index (χ0n) is 8.76. The van der Waals surface area contributed by atoms with Crippen molar-refractivity contribution in [1.82, 2.24) is 0 Å². The van der Waals surface area contributed by atoms with Crippen LogP contribution in [0.2, 0.25) is 0 Å². The van der Waals surface area contributed by atoms with Gasteiger partial charge in [-0.1, -0.05) is 23.3 Å². The van der Waals surface area contributed by atoms with Gasteiger partial charge in [0.05, 0.1) is 0 Å². The number of rotatable bonds is 5. The Balaban J connectivity index is 3.73. The SMILES string of the molecule is CC(C)=CCCC(C)=CCC=C=O. The summed E-state index contributed by atoms with van der Waals surface area (Å²) in [5, 5.41) is 0. The van der Waals surface area contributed by atoms with Crippen molar-refractivity contribution in [2.45, 2.75) is 40.0 Å². The third kappa shape index (κ3) is 8.84. The van der Waals surface area contributed by atoms with E-state index in [1.165, 1.54) is 17.2 Å². The van der Waals surface area contributed by atoms with Crippen molar-refractivity contribution in [3.8, 4) is 0 Å². The normalized spacial score (nSPS) is 10.5. The summed E-state index contributed by atoms with van der Waals surface area (Å²) in [7, 11) is 0. The van der Waals surface area contributed by atoms with Gasteiger partial charge in [0, 0.05) is 6.08 Å². The van der Waals surface area contributed by atoms with Gasteiger partial charge >= 0.3 is 0 Å². The number of carbonyl (C=O) groups excluding carboxylic acids is 1. The van der Waals surface area contributed by atoms with E-state index in [2.05, 4.69) is 32.9 Å². The largest absolute Gasteiger partial charge is 0.234 e. The monoisotopic (exact) mass is 178 g/mol. The van der Waals surface area contributed by atoms with Gasteiger partial charge in [0.25, 0.3) is 0 Å². The summed E-state index contributed by atoms with van der Waals surface area (Å²) in [6, 6.07) is 0. The van der Waals surface area contributed by atoms with Crippen molar-refractivity contribution in [2.75, 3.05) is 0 Å². The molecule has 0 spiro atoms. The van der Waals surface area contributed by atoms with Crippen molar-refractivity contribution in [3.63, 3.8) is 0 Å². The van der Waals surface area contributed by atoms with Crippen molar-refractivity contribution in [3.05, 3.63) is 29.4 Å². The molecule has 0 atom stereocenters. The van der Waals surface area contributed by atoms with Crippen LogP contribution in [0.25, 0.3) is 0 Å². The lowest BCUT2D eigenvalue weighted by molar-refractivity contribution is 0.568. The van der Waals surface area contributed by atoms with E-state index < -0.39 is 0 Å². The highest BCUT2D eigenvalue weighted by Crippen LogP contribution is 2.07. The van der Waals surface area contributed by atoms with Gasteiger partial charge in [-0.15, -0.1) is 0 Å². The quantitative estimate of drug-likeness (QED) is 0.465. The molecule has 0 aliphatic carbocycles. The Labute approximate surface area is 80.8 Å². The Morgan fingerprint density at radius 3 is 2.46 bits per heavy atom. The molecule has 0 saturated carbocycles. The van der Waals surface area contributed by atoms with E-state index in [-0.39, 0.29) is 0 Å². The minimum atomic E-state index is 0.712. The predicted octanol–water partition coefficient (Wildman–Crippen LogP) is 3.46. The van der Waals surface area contributed by atoms with E-state index in [0.717, 1.165) is 12.8 Å². The van der Waals surface area contributed by atoms with Crippen LogP contribution in [0.1, 0.15) is 40.0 Å². The fraction of sp³-hybridized carbons (Fsp3) is 0.500. The van der Waals surface area contributed by atoms with Crippen molar-refractivity contribution < 1.29 is 4.79 Å². The molecule has 0 aliphatic rings. The van der Waals surface area contributed by atoms with Crippen molar-refractivity contribution in [1.29, 1.82) is 0 Å². The summed E-state index contributed by atoms with van der Waals surface area (Å²) in [5.74, 6) is 1.77. The lowest BCUT2D eigenvalue weighted by Crippen LogP contribution is -1.76. The van der Waals surface area contributed by atoms with Gasteiger partial charge in [-0.3, -0.25) is 0 Å². The van der Waals surface area contributed by atoms with Gasteiger partial charge in [0.1, 0.15) is 5.94 Å². The molecular formula is C12H18O.